The second-order valence-corrected chi connectivity index (χ2v) is 7.54. The van der Waals surface area contributed by atoms with Gasteiger partial charge >= 0.3 is 0 Å². The number of aromatic nitrogens is 2. The van der Waals surface area contributed by atoms with Gasteiger partial charge in [-0.2, -0.15) is 0 Å². The molecule has 1 atom stereocenters. The van der Waals surface area contributed by atoms with Gasteiger partial charge in [-0.05, 0) is 37.5 Å². The Hall–Kier alpha value is -1.40. The van der Waals surface area contributed by atoms with Gasteiger partial charge in [-0.1, -0.05) is 6.07 Å². The lowest BCUT2D eigenvalue weighted by atomic mass is 10.1. The van der Waals surface area contributed by atoms with Gasteiger partial charge in [0.15, 0.2) is 0 Å². The molecule has 1 aliphatic rings. The van der Waals surface area contributed by atoms with Gasteiger partial charge in [-0.15, -0.1) is 0 Å². The fraction of sp³-hybridized carbons (Fsp3) is 0.500. The maximum atomic E-state index is 11.7. The molecule has 0 radical (unpaired) electrons. The van der Waals surface area contributed by atoms with Crippen LogP contribution in [0.25, 0.3) is 11.0 Å². The van der Waals surface area contributed by atoms with Gasteiger partial charge in [0.05, 0.1) is 23.6 Å². The Bertz CT molecular complexity index is 736. The molecule has 1 unspecified atom stereocenters. The summed E-state index contributed by atoms with van der Waals surface area (Å²) in [6.07, 6.45) is 5.00. The van der Waals surface area contributed by atoms with Crippen LogP contribution in [-0.4, -0.2) is 41.6 Å². The van der Waals surface area contributed by atoms with E-state index in [1.807, 2.05) is 18.5 Å². The van der Waals surface area contributed by atoms with Gasteiger partial charge < -0.3 is 4.57 Å². The Balaban J connectivity index is 1.96. The molecule has 1 aliphatic heterocycles. The number of benzene rings is 1. The number of hydrogen-bond donors (Lipinski definition) is 0. The Labute approximate surface area is 119 Å². The number of imidazole rings is 1. The van der Waals surface area contributed by atoms with E-state index >= 15 is 0 Å². The number of aryl methyl sites for hydroxylation is 1. The molecule has 1 saturated heterocycles. The van der Waals surface area contributed by atoms with E-state index in [9.17, 15) is 8.42 Å². The van der Waals surface area contributed by atoms with Crippen molar-refractivity contribution in [2.24, 2.45) is 0 Å². The Morgan fingerprint density at radius 2 is 2.15 bits per heavy atom. The molecular weight excluding hydrogens is 274 g/mol. The zero-order chi connectivity index (χ0) is 14.3. The molecular formula is C14H19N3O2S. The molecule has 0 aliphatic carbocycles. The highest BCUT2D eigenvalue weighted by Crippen LogP contribution is 2.27. The molecule has 1 fully saturated rings. The van der Waals surface area contributed by atoms with E-state index in [1.54, 1.807) is 4.31 Å². The summed E-state index contributed by atoms with van der Waals surface area (Å²) < 4.78 is 27.1. The molecule has 2 heterocycles. The predicted molar refractivity (Wildman–Crippen MR) is 79.2 cm³/mol. The topological polar surface area (TPSA) is 55.2 Å². The van der Waals surface area contributed by atoms with Crippen LogP contribution in [0.1, 0.15) is 24.4 Å². The monoisotopic (exact) mass is 293 g/mol. The summed E-state index contributed by atoms with van der Waals surface area (Å²) in [6.45, 7) is 3.22. The first-order valence-electron chi connectivity index (χ1n) is 6.83. The molecule has 0 spiro atoms. The number of hydrogen-bond acceptors (Lipinski definition) is 3. The van der Waals surface area contributed by atoms with E-state index in [2.05, 4.69) is 22.5 Å². The van der Waals surface area contributed by atoms with Crippen molar-refractivity contribution in [3.63, 3.8) is 0 Å². The van der Waals surface area contributed by atoms with Gasteiger partial charge in [0, 0.05) is 19.1 Å². The third-order valence-electron chi connectivity index (χ3n) is 3.95. The molecule has 3 rings (SSSR count). The van der Waals surface area contributed by atoms with E-state index in [-0.39, 0.29) is 6.04 Å². The van der Waals surface area contributed by atoms with Crippen molar-refractivity contribution in [3.8, 4) is 0 Å². The van der Waals surface area contributed by atoms with Crippen molar-refractivity contribution >= 4 is 21.1 Å². The van der Waals surface area contributed by atoms with Crippen LogP contribution in [0.15, 0.2) is 24.5 Å². The van der Waals surface area contributed by atoms with Gasteiger partial charge in [-0.3, -0.25) is 0 Å². The molecule has 108 valence electrons. The predicted octanol–water partition coefficient (Wildman–Crippen LogP) is 1.94. The molecule has 0 bridgehead atoms. The van der Waals surface area contributed by atoms with Crippen molar-refractivity contribution in [2.75, 3.05) is 19.3 Å². The largest absolute Gasteiger partial charge is 0.326 e. The van der Waals surface area contributed by atoms with E-state index in [0.717, 1.165) is 23.9 Å². The lowest BCUT2D eigenvalue weighted by Gasteiger charge is -2.32. The Morgan fingerprint density at radius 1 is 1.35 bits per heavy atom. The minimum absolute atomic E-state index is 0.172. The van der Waals surface area contributed by atoms with Crippen LogP contribution in [0.3, 0.4) is 0 Å². The summed E-state index contributed by atoms with van der Waals surface area (Å²) in [4.78, 5) is 4.42. The number of piperidine rings is 1. The first-order chi connectivity index (χ1) is 9.45. The SMILES string of the molecule is Cc1ccc2ncn(C3CCCN(S(C)(=O)=O)C3)c2c1. The molecule has 1 aromatic carbocycles. The highest BCUT2D eigenvalue weighted by Gasteiger charge is 2.27. The number of rotatable bonds is 2. The van der Waals surface area contributed by atoms with Crippen molar-refractivity contribution < 1.29 is 8.42 Å². The van der Waals surface area contributed by atoms with E-state index in [1.165, 1.54) is 11.8 Å². The van der Waals surface area contributed by atoms with Gasteiger partial charge in [0.1, 0.15) is 0 Å². The normalized spacial score (nSPS) is 21.4. The second-order valence-electron chi connectivity index (χ2n) is 5.56. The summed E-state index contributed by atoms with van der Waals surface area (Å²) in [5.74, 6) is 0. The molecule has 0 saturated carbocycles. The lowest BCUT2D eigenvalue weighted by molar-refractivity contribution is 0.271. The van der Waals surface area contributed by atoms with Crippen LogP contribution in [0.2, 0.25) is 0 Å². The van der Waals surface area contributed by atoms with Crippen LogP contribution in [0, 0.1) is 6.92 Å². The summed E-state index contributed by atoms with van der Waals surface area (Å²) >= 11 is 0. The van der Waals surface area contributed by atoms with Crippen molar-refractivity contribution in [2.45, 2.75) is 25.8 Å². The minimum atomic E-state index is -3.11. The summed E-state index contributed by atoms with van der Waals surface area (Å²) in [5, 5.41) is 0. The lowest BCUT2D eigenvalue weighted by Crippen LogP contribution is -2.39. The molecule has 0 N–H and O–H groups in total. The highest BCUT2D eigenvalue weighted by atomic mass is 32.2. The number of fused-ring (bicyclic) bond motifs is 1. The van der Waals surface area contributed by atoms with Crippen LogP contribution in [0.5, 0.6) is 0 Å². The van der Waals surface area contributed by atoms with Crippen LogP contribution in [0.4, 0.5) is 0 Å². The smallest absolute Gasteiger partial charge is 0.211 e. The average molecular weight is 293 g/mol. The molecule has 1 aromatic heterocycles. The van der Waals surface area contributed by atoms with Crippen molar-refractivity contribution in [1.29, 1.82) is 0 Å². The fourth-order valence-electron chi connectivity index (χ4n) is 2.88. The van der Waals surface area contributed by atoms with Gasteiger partial charge in [0.2, 0.25) is 10.0 Å². The van der Waals surface area contributed by atoms with Crippen LogP contribution < -0.4 is 0 Å². The molecule has 2 aromatic rings. The molecule has 6 heteroatoms. The number of nitrogens with zero attached hydrogens (tertiary/aromatic N) is 3. The van der Waals surface area contributed by atoms with Crippen LogP contribution in [-0.2, 0) is 10.0 Å². The first kappa shape index (κ1) is 13.6. The molecule has 20 heavy (non-hydrogen) atoms. The summed E-state index contributed by atoms with van der Waals surface area (Å²) in [6, 6.07) is 6.34. The van der Waals surface area contributed by atoms with E-state index < -0.39 is 10.0 Å². The van der Waals surface area contributed by atoms with E-state index in [4.69, 9.17) is 0 Å². The third kappa shape index (κ3) is 2.45. The fourth-order valence-corrected chi connectivity index (χ4v) is 3.78. The zero-order valence-corrected chi connectivity index (χ0v) is 12.6. The maximum Gasteiger partial charge on any atom is 0.211 e. The highest BCUT2D eigenvalue weighted by molar-refractivity contribution is 7.88. The third-order valence-corrected chi connectivity index (χ3v) is 5.22. The summed E-state index contributed by atoms with van der Waals surface area (Å²) in [7, 11) is -3.11. The number of sulfonamides is 1. The van der Waals surface area contributed by atoms with Crippen molar-refractivity contribution in [3.05, 3.63) is 30.1 Å². The van der Waals surface area contributed by atoms with Crippen LogP contribution >= 0.6 is 0 Å². The van der Waals surface area contributed by atoms with Gasteiger partial charge in [0.25, 0.3) is 0 Å². The Morgan fingerprint density at radius 3 is 2.90 bits per heavy atom. The quantitative estimate of drug-likeness (QED) is 0.850. The maximum absolute atomic E-state index is 11.7. The second kappa shape index (κ2) is 4.86. The average Bonchev–Trinajstić information content (AvgIpc) is 2.81. The minimum Gasteiger partial charge on any atom is -0.326 e. The van der Waals surface area contributed by atoms with E-state index in [0.29, 0.717) is 13.1 Å². The first-order valence-corrected chi connectivity index (χ1v) is 8.68. The zero-order valence-electron chi connectivity index (χ0n) is 11.8. The molecule has 5 nitrogen and oxygen atoms in total. The molecule has 0 amide bonds. The summed E-state index contributed by atoms with van der Waals surface area (Å²) in [5.41, 5.74) is 3.24. The standard InChI is InChI=1S/C14H19N3O2S/c1-11-5-6-13-14(8-11)17(10-15-13)12-4-3-7-16(9-12)20(2,18)19/h5-6,8,10,12H,3-4,7,9H2,1-2H3. The van der Waals surface area contributed by atoms with Crippen molar-refractivity contribution in [1.82, 2.24) is 13.9 Å². The Kier molecular flexibility index (Phi) is 3.30. The van der Waals surface area contributed by atoms with Gasteiger partial charge in [-0.25, -0.2) is 17.7 Å².